The summed E-state index contributed by atoms with van der Waals surface area (Å²) < 4.78 is 26.8. The summed E-state index contributed by atoms with van der Waals surface area (Å²) in [5.74, 6) is 0. The van der Waals surface area contributed by atoms with Crippen LogP contribution in [-0.2, 0) is 10.2 Å². The van der Waals surface area contributed by atoms with E-state index in [4.69, 9.17) is 0 Å². The molecule has 0 atom stereocenters. The van der Waals surface area contributed by atoms with Crippen molar-refractivity contribution in [1.82, 2.24) is 4.72 Å². The van der Waals surface area contributed by atoms with E-state index in [0.29, 0.717) is 5.69 Å². The maximum absolute atomic E-state index is 11.1. The summed E-state index contributed by atoms with van der Waals surface area (Å²) >= 11 is 0. The van der Waals surface area contributed by atoms with E-state index in [-0.39, 0.29) is 0 Å². The van der Waals surface area contributed by atoms with Crippen molar-refractivity contribution in [3.63, 3.8) is 0 Å². The summed E-state index contributed by atoms with van der Waals surface area (Å²) in [6.45, 7) is 1.84. The minimum absolute atomic E-state index is 0.594. The first-order chi connectivity index (χ1) is 6.05. The van der Waals surface area contributed by atoms with Crippen LogP contribution in [0.3, 0.4) is 0 Å². The fraction of sp³-hybridized carbons (Fsp3) is 0.250. The molecular weight excluding hydrogens is 188 g/mol. The van der Waals surface area contributed by atoms with Crippen LogP contribution in [0, 0.1) is 6.92 Å². The normalized spacial score (nSPS) is 11.2. The molecule has 72 valence electrons. The van der Waals surface area contributed by atoms with Crippen molar-refractivity contribution in [1.29, 1.82) is 0 Å². The Kier molecular flexibility index (Phi) is 2.90. The van der Waals surface area contributed by atoms with Gasteiger partial charge in [-0.2, -0.15) is 8.42 Å². The fourth-order valence-electron chi connectivity index (χ4n) is 0.883. The maximum atomic E-state index is 11.1. The summed E-state index contributed by atoms with van der Waals surface area (Å²) in [6, 6.07) is 7.19. The van der Waals surface area contributed by atoms with Gasteiger partial charge >= 0.3 is 0 Å². The second kappa shape index (κ2) is 3.76. The molecule has 4 nitrogen and oxygen atoms in total. The van der Waals surface area contributed by atoms with Crippen molar-refractivity contribution in [2.75, 3.05) is 11.8 Å². The van der Waals surface area contributed by atoms with E-state index < -0.39 is 10.2 Å². The zero-order chi connectivity index (χ0) is 9.90. The molecule has 1 aromatic carbocycles. The van der Waals surface area contributed by atoms with Crippen LogP contribution in [0.15, 0.2) is 24.3 Å². The molecule has 13 heavy (non-hydrogen) atoms. The van der Waals surface area contributed by atoms with Crippen molar-refractivity contribution >= 4 is 15.9 Å². The van der Waals surface area contributed by atoms with E-state index in [9.17, 15) is 8.42 Å². The molecule has 0 aliphatic rings. The molecule has 5 heteroatoms. The average Bonchev–Trinajstić information content (AvgIpc) is 2.09. The van der Waals surface area contributed by atoms with Crippen LogP contribution < -0.4 is 9.44 Å². The molecule has 0 saturated carbocycles. The molecule has 2 N–H and O–H groups in total. The fourth-order valence-corrected chi connectivity index (χ4v) is 1.50. The van der Waals surface area contributed by atoms with Crippen LogP contribution in [0.25, 0.3) is 0 Å². The van der Waals surface area contributed by atoms with Crippen molar-refractivity contribution in [3.8, 4) is 0 Å². The standard InChI is InChI=1S/C8H12N2O2S/c1-7-5-3-4-6-8(7)10-13(11,12)9-2/h3-6,9-10H,1-2H3. The van der Waals surface area contributed by atoms with E-state index >= 15 is 0 Å². The molecule has 1 aromatic rings. The van der Waals surface area contributed by atoms with Gasteiger partial charge in [0, 0.05) is 7.05 Å². The lowest BCUT2D eigenvalue weighted by molar-refractivity contribution is 0.593. The zero-order valence-electron chi connectivity index (χ0n) is 7.53. The SMILES string of the molecule is CNS(=O)(=O)Nc1ccccc1C. The third kappa shape index (κ3) is 2.71. The molecular formula is C8H12N2O2S. The van der Waals surface area contributed by atoms with Crippen LogP contribution in [0.2, 0.25) is 0 Å². The van der Waals surface area contributed by atoms with Crippen LogP contribution in [-0.4, -0.2) is 15.5 Å². The van der Waals surface area contributed by atoms with Crippen molar-refractivity contribution in [2.24, 2.45) is 0 Å². The second-order valence-corrected chi connectivity index (χ2v) is 4.24. The number of para-hydroxylation sites is 1. The summed E-state index contributed by atoms with van der Waals surface area (Å²) in [7, 11) is -2.03. The maximum Gasteiger partial charge on any atom is 0.298 e. The molecule has 0 unspecified atom stereocenters. The number of hydrogen-bond donors (Lipinski definition) is 2. The minimum atomic E-state index is -3.40. The zero-order valence-corrected chi connectivity index (χ0v) is 8.35. The molecule has 0 spiro atoms. The highest BCUT2D eigenvalue weighted by Gasteiger charge is 2.06. The Hall–Kier alpha value is -1.07. The lowest BCUT2D eigenvalue weighted by Crippen LogP contribution is -2.26. The molecule has 1 rings (SSSR count). The van der Waals surface area contributed by atoms with Crippen molar-refractivity contribution in [2.45, 2.75) is 6.92 Å². The molecule has 0 aromatic heterocycles. The van der Waals surface area contributed by atoms with Gasteiger partial charge in [0.1, 0.15) is 0 Å². The van der Waals surface area contributed by atoms with Crippen LogP contribution in [0.5, 0.6) is 0 Å². The highest BCUT2D eigenvalue weighted by atomic mass is 32.2. The quantitative estimate of drug-likeness (QED) is 0.760. The summed E-state index contributed by atoms with van der Waals surface area (Å²) in [6.07, 6.45) is 0. The van der Waals surface area contributed by atoms with Crippen molar-refractivity contribution in [3.05, 3.63) is 29.8 Å². The molecule has 0 radical (unpaired) electrons. The smallest absolute Gasteiger partial charge is 0.271 e. The lowest BCUT2D eigenvalue weighted by atomic mass is 10.2. The molecule has 0 amide bonds. The van der Waals surface area contributed by atoms with Crippen LogP contribution in [0.1, 0.15) is 5.56 Å². The molecule has 0 heterocycles. The predicted molar refractivity (Wildman–Crippen MR) is 52.8 cm³/mol. The third-order valence-electron chi connectivity index (χ3n) is 1.66. The largest absolute Gasteiger partial charge is 0.298 e. The predicted octanol–water partition coefficient (Wildman–Crippen LogP) is 0.871. The van der Waals surface area contributed by atoms with Gasteiger partial charge in [0.2, 0.25) is 0 Å². The number of benzene rings is 1. The molecule has 0 aliphatic heterocycles. The third-order valence-corrected chi connectivity index (χ3v) is 2.68. The molecule has 0 bridgehead atoms. The molecule has 0 saturated heterocycles. The summed E-state index contributed by atoms with van der Waals surface area (Å²) in [5, 5.41) is 0. The Morgan fingerprint density at radius 1 is 1.23 bits per heavy atom. The van der Waals surface area contributed by atoms with Crippen LogP contribution in [0.4, 0.5) is 5.69 Å². The van der Waals surface area contributed by atoms with Gasteiger partial charge in [0.25, 0.3) is 10.2 Å². The van der Waals surface area contributed by atoms with E-state index in [1.54, 1.807) is 12.1 Å². The van der Waals surface area contributed by atoms with Gasteiger partial charge in [0.05, 0.1) is 5.69 Å². The number of hydrogen-bond acceptors (Lipinski definition) is 2. The number of aryl methyl sites for hydroxylation is 1. The number of rotatable bonds is 3. The Morgan fingerprint density at radius 2 is 1.85 bits per heavy atom. The molecule has 0 fully saturated rings. The van der Waals surface area contributed by atoms with Gasteiger partial charge in [-0.05, 0) is 18.6 Å². The summed E-state index contributed by atoms with van der Waals surface area (Å²) in [4.78, 5) is 0. The van der Waals surface area contributed by atoms with Crippen LogP contribution >= 0.6 is 0 Å². The van der Waals surface area contributed by atoms with Gasteiger partial charge in [-0.25, -0.2) is 4.72 Å². The van der Waals surface area contributed by atoms with Gasteiger partial charge in [-0.3, -0.25) is 4.72 Å². The van der Waals surface area contributed by atoms with E-state index in [2.05, 4.69) is 9.44 Å². The topological polar surface area (TPSA) is 58.2 Å². The second-order valence-electron chi connectivity index (χ2n) is 2.62. The first kappa shape index (κ1) is 10.0. The van der Waals surface area contributed by atoms with E-state index in [1.807, 2.05) is 19.1 Å². The van der Waals surface area contributed by atoms with E-state index in [1.165, 1.54) is 7.05 Å². The van der Waals surface area contributed by atoms with E-state index in [0.717, 1.165) is 5.56 Å². The number of nitrogens with one attached hydrogen (secondary N) is 2. The Bertz CT molecular complexity index is 387. The first-order valence-corrected chi connectivity index (χ1v) is 5.30. The Balaban J connectivity index is 2.93. The average molecular weight is 200 g/mol. The number of anilines is 1. The first-order valence-electron chi connectivity index (χ1n) is 3.82. The Morgan fingerprint density at radius 3 is 2.38 bits per heavy atom. The minimum Gasteiger partial charge on any atom is -0.271 e. The lowest BCUT2D eigenvalue weighted by Gasteiger charge is -2.08. The summed E-state index contributed by atoms with van der Waals surface area (Å²) in [5.41, 5.74) is 1.48. The highest BCUT2D eigenvalue weighted by Crippen LogP contribution is 2.13. The van der Waals surface area contributed by atoms with Gasteiger partial charge in [-0.1, -0.05) is 18.2 Å². The van der Waals surface area contributed by atoms with Gasteiger partial charge in [0.15, 0.2) is 0 Å². The van der Waals surface area contributed by atoms with Gasteiger partial charge < -0.3 is 0 Å². The Labute approximate surface area is 78.2 Å². The highest BCUT2D eigenvalue weighted by molar-refractivity contribution is 7.90. The van der Waals surface area contributed by atoms with Gasteiger partial charge in [-0.15, -0.1) is 0 Å². The monoisotopic (exact) mass is 200 g/mol. The van der Waals surface area contributed by atoms with Crippen molar-refractivity contribution < 1.29 is 8.42 Å². The molecule has 0 aliphatic carbocycles.